The summed E-state index contributed by atoms with van der Waals surface area (Å²) in [5.41, 5.74) is -0.375. The molecule has 1 aliphatic heterocycles. The minimum atomic E-state index is -0.375. The second-order valence-corrected chi connectivity index (χ2v) is 5.65. The van der Waals surface area contributed by atoms with Crippen molar-refractivity contribution in [2.75, 3.05) is 19.7 Å². The molecule has 2 amide bonds. The van der Waals surface area contributed by atoms with Gasteiger partial charge in [-0.05, 0) is 19.3 Å². The van der Waals surface area contributed by atoms with Gasteiger partial charge < -0.3 is 5.32 Å². The van der Waals surface area contributed by atoms with E-state index in [9.17, 15) is 9.59 Å². The van der Waals surface area contributed by atoms with Crippen LogP contribution in [0.15, 0.2) is 0 Å². The number of nitrogens with one attached hydrogen (secondary N) is 1. The molecule has 0 aromatic carbocycles. The summed E-state index contributed by atoms with van der Waals surface area (Å²) in [6, 6.07) is 0. The normalized spacial score (nSPS) is 16.5. The predicted molar refractivity (Wildman–Crippen MR) is 68.6 cm³/mol. The van der Waals surface area contributed by atoms with Gasteiger partial charge in [0.25, 0.3) is 0 Å². The van der Waals surface area contributed by atoms with Crippen molar-refractivity contribution in [2.45, 2.75) is 46.5 Å². The van der Waals surface area contributed by atoms with E-state index in [-0.39, 0.29) is 17.2 Å². The third-order valence-corrected chi connectivity index (χ3v) is 2.81. The average Bonchev–Trinajstić information content (AvgIpc) is 2.34. The molecular formula is C13H24N2O3. The Bertz CT molecular complexity index is 291. The zero-order valence-corrected chi connectivity index (χ0v) is 11.6. The van der Waals surface area contributed by atoms with Crippen LogP contribution in [0.2, 0.25) is 0 Å². The molecule has 1 heterocycles. The van der Waals surface area contributed by atoms with Gasteiger partial charge in [0.15, 0.2) is 0 Å². The quantitative estimate of drug-likeness (QED) is 0.775. The van der Waals surface area contributed by atoms with E-state index in [4.69, 9.17) is 4.84 Å². The molecule has 0 bridgehead atoms. The van der Waals surface area contributed by atoms with E-state index in [1.165, 1.54) is 5.06 Å². The van der Waals surface area contributed by atoms with Crippen molar-refractivity contribution >= 4 is 11.8 Å². The molecular weight excluding hydrogens is 232 g/mol. The van der Waals surface area contributed by atoms with Crippen LogP contribution in [-0.2, 0) is 14.4 Å². The van der Waals surface area contributed by atoms with Gasteiger partial charge in [-0.3, -0.25) is 14.4 Å². The first kappa shape index (κ1) is 15.0. The van der Waals surface area contributed by atoms with E-state index in [2.05, 4.69) is 5.32 Å². The van der Waals surface area contributed by atoms with Gasteiger partial charge >= 0.3 is 0 Å². The van der Waals surface area contributed by atoms with Crippen LogP contribution in [0.5, 0.6) is 0 Å². The van der Waals surface area contributed by atoms with E-state index < -0.39 is 0 Å². The number of nitrogens with zero attached hydrogens (tertiary/aromatic N) is 1. The van der Waals surface area contributed by atoms with Crippen molar-refractivity contribution in [2.24, 2.45) is 5.41 Å². The SMILES string of the molecule is CC(C)(C)C(=O)NCCCC(=O)N1CCCCO1. The summed E-state index contributed by atoms with van der Waals surface area (Å²) in [7, 11) is 0. The summed E-state index contributed by atoms with van der Waals surface area (Å²) >= 11 is 0. The lowest BCUT2D eigenvalue weighted by Gasteiger charge is -2.25. The number of hydrogen-bond acceptors (Lipinski definition) is 3. The fourth-order valence-corrected chi connectivity index (χ4v) is 1.62. The van der Waals surface area contributed by atoms with Gasteiger partial charge in [-0.2, -0.15) is 0 Å². The van der Waals surface area contributed by atoms with Crippen LogP contribution in [0, 0.1) is 5.41 Å². The minimum Gasteiger partial charge on any atom is -0.356 e. The van der Waals surface area contributed by atoms with Gasteiger partial charge in [-0.1, -0.05) is 20.8 Å². The topological polar surface area (TPSA) is 58.6 Å². The Hall–Kier alpha value is -1.10. The molecule has 1 N–H and O–H groups in total. The van der Waals surface area contributed by atoms with Crippen molar-refractivity contribution in [1.82, 2.24) is 10.4 Å². The lowest BCUT2D eigenvalue weighted by molar-refractivity contribution is -0.197. The fraction of sp³-hybridized carbons (Fsp3) is 0.846. The van der Waals surface area contributed by atoms with Crippen LogP contribution in [-0.4, -0.2) is 36.6 Å². The standard InChI is InChI=1S/C13H24N2O3/c1-13(2,3)12(17)14-8-6-7-11(16)15-9-4-5-10-18-15/h4-10H2,1-3H3,(H,14,17). The molecule has 1 rings (SSSR count). The largest absolute Gasteiger partial charge is 0.356 e. The molecule has 1 saturated heterocycles. The first-order chi connectivity index (χ1) is 8.41. The molecule has 5 heteroatoms. The summed E-state index contributed by atoms with van der Waals surface area (Å²) in [4.78, 5) is 28.6. The highest BCUT2D eigenvalue weighted by Gasteiger charge is 2.21. The first-order valence-electron chi connectivity index (χ1n) is 6.63. The molecule has 0 atom stereocenters. The average molecular weight is 256 g/mol. The molecule has 5 nitrogen and oxygen atoms in total. The molecule has 104 valence electrons. The Labute approximate surface area is 109 Å². The van der Waals surface area contributed by atoms with E-state index >= 15 is 0 Å². The Morgan fingerprint density at radius 1 is 1.28 bits per heavy atom. The molecule has 0 aliphatic carbocycles. The van der Waals surface area contributed by atoms with Crippen molar-refractivity contribution < 1.29 is 14.4 Å². The highest BCUT2D eigenvalue weighted by Crippen LogP contribution is 2.12. The van der Waals surface area contributed by atoms with Crippen LogP contribution >= 0.6 is 0 Å². The molecule has 1 aliphatic rings. The summed E-state index contributed by atoms with van der Waals surface area (Å²) in [5.74, 6) is 0.0314. The number of hydroxylamine groups is 2. The maximum atomic E-state index is 11.7. The van der Waals surface area contributed by atoms with Gasteiger partial charge in [0.05, 0.1) is 6.61 Å². The summed E-state index contributed by atoms with van der Waals surface area (Å²) < 4.78 is 0. The molecule has 0 aromatic heterocycles. The van der Waals surface area contributed by atoms with Gasteiger partial charge in [-0.25, -0.2) is 5.06 Å². The van der Waals surface area contributed by atoms with Gasteiger partial charge in [-0.15, -0.1) is 0 Å². The van der Waals surface area contributed by atoms with Crippen molar-refractivity contribution in [3.05, 3.63) is 0 Å². The highest BCUT2D eigenvalue weighted by molar-refractivity contribution is 5.81. The van der Waals surface area contributed by atoms with Gasteiger partial charge in [0, 0.05) is 24.9 Å². The smallest absolute Gasteiger partial charge is 0.246 e. The summed E-state index contributed by atoms with van der Waals surface area (Å²) in [5, 5.41) is 4.28. The second kappa shape index (κ2) is 6.73. The molecule has 0 radical (unpaired) electrons. The summed E-state index contributed by atoms with van der Waals surface area (Å²) in [6.07, 6.45) is 3.10. The molecule has 1 fully saturated rings. The molecule has 0 spiro atoms. The van der Waals surface area contributed by atoms with Crippen LogP contribution in [0.1, 0.15) is 46.5 Å². The van der Waals surface area contributed by atoms with Crippen LogP contribution < -0.4 is 5.32 Å². The Balaban J connectivity index is 2.14. The number of hydrogen-bond donors (Lipinski definition) is 1. The zero-order valence-electron chi connectivity index (χ0n) is 11.6. The van der Waals surface area contributed by atoms with Crippen LogP contribution in [0.3, 0.4) is 0 Å². The maximum absolute atomic E-state index is 11.7. The Morgan fingerprint density at radius 2 is 2.00 bits per heavy atom. The van der Waals surface area contributed by atoms with E-state index in [0.29, 0.717) is 32.5 Å². The second-order valence-electron chi connectivity index (χ2n) is 5.65. The number of carbonyl (C=O) groups is 2. The number of amides is 2. The van der Waals surface area contributed by atoms with Gasteiger partial charge in [0.2, 0.25) is 11.8 Å². The lowest BCUT2D eigenvalue weighted by atomic mass is 9.96. The van der Waals surface area contributed by atoms with Crippen LogP contribution in [0.4, 0.5) is 0 Å². The molecule has 0 saturated carbocycles. The van der Waals surface area contributed by atoms with Crippen LogP contribution in [0.25, 0.3) is 0 Å². The van der Waals surface area contributed by atoms with E-state index in [0.717, 1.165) is 12.8 Å². The molecule has 18 heavy (non-hydrogen) atoms. The third-order valence-electron chi connectivity index (χ3n) is 2.81. The Morgan fingerprint density at radius 3 is 2.56 bits per heavy atom. The van der Waals surface area contributed by atoms with Crippen molar-refractivity contribution in [3.63, 3.8) is 0 Å². The highest BCUT2D eigenvalue weighted by atomic mass is 16.7. The van der Waals surface area contributed by atoms with Crippen molar-refractivity contribution in [1.29, 1.82) is 0 Å². The molecule has 0 aromatic rings. The van der Waals surface area contributed by atoms with E-state index in [1.54, 1.807) is 0 Å². The lowest BCUT2D eigenvalue weighted by Crippen LogP contribution is -2.37. The fourth-order valence-electron chi connectivity index (χ4n) is 1.62. The summed E-state index contributed by atoms with van der Waals surface area (Å²) in [6.45, 7) is 7.47. The Kier molecular flexibility index (Phi) is 5.59. The first-order valence-corrected chi connectivity index (χ1v) is 6.63. The van der Waals surface area contributed by atoms with Gasteiger partial charge in [0.1, 0.15) is 0 Å². The van der Waals surface area contributed by atoms with E-state index in [1.807, 2.05) is 20.8 Å². The monoisotopic (exact) mass is 256 g/mol. The number of rotatable bonds is 4. The molecule has 0 unspecified atom stereocenters. The third kappa shape index (κ3) is 5.04. The number of carbonyl (C=O) groups excluding carboxylic acids is 2. The zero-order chi connectivity index (χ0) is 13.6. The minimum absolute atomic E-state index is 0.0136. The van der Waals surface area contributed by atoms with Crippen molar-refractivity contribution in [3.8, 4) is 0 Å². The predicted octanol–water partition coefficient (Wildman–Crippen LogP) is 1.48. The maximum Gasteiger partial charge on any atom is 0.246 e.